The van der Waals surface area contributed by atoms with Gasteiger partial charge in [0.25, 0.3) is 0 Å². The lowest BCUT2D eigenvalue weighted by Gasteiger charge is -2.37. The lowest BCUT2D eigenvalue weighted by molar-refractivity contribution is -0.142. The Hall–Kier alpha value is -3.72. The standard InChI is InChI=1S/C32H33ClN4O3S/c1-2-40-30(39)20-26-22-41-32(34-26)35-29(38)21-36-16-18-37(19-17-36)28-11-7-6-10-27(28)31(23-8-4-3-5-9-23)24-12-14-25(33)15-13-24/h3-15,22,31H,2,16-21H2,1H3,(H,34,35,38). The second-order valence-corrected chi connectivity index (χ2v) is 11.2. The molecule has 1 aliphatic rings. The van der Waals surface area contributed by atoms with Gasteiger partial charge < -0.3 is 15.0 Å². The van der Waals surface area contributed by atoms with Crippen molar-refractivity contribution in [1.82, 2.24) is 9.88 Å². The molecule has 1 N–H and O–H groups in total. The zero-order valence-corrected chi connectivity index (χ0v) is 24.5. The third-order valence-corrected chi connectivity index (χ3v) is 8.15. The largest absolute Gasteiger partial charge is 0.466 e. The number of halogens is 1. The van der Waals surface area contributed by atoms with Crippen molar-refractivity contribution in [2.24, 2.45) is 0 Å². The number of hydrogen-bond acceptors (Lipinski definition) is 7. The zero-order chi connectivity index (χ0) is 28.6. The van der Waals surface area contributed by atoms with Gasteiger partial charge in [-0.3, -0.25) is 14.5 Å². The van der Waals surface area contributed by atoms with Crippen LogP contribution in [0.5, 0.6) is 0 Å². The molecule has 3 aromatic carbocycles. The lowest BCUT2D eigenvalue weighted by atomic mass is 9.84. The first-order valence-corrected chi connectivity index (χ1v) is 15.0. The molecule has 2 heterocycles. The molecule has 1 aliphatic heterocycles. The fraction of sp³-hybridized carbons (Fsp3) is 0.281. The van der Waals surface area contributed by atoms with Crippen LogP contribution in [-0.2, 0) is 20.7 Å². The molecule has 212 valence electrons. The van der Waals surface area contributed by atoms with Crippen LogP contribution >= 0.6 is 22.9 Å². The predicted octanol–water partition coefficient (Wildman–Crippen LogP) is 5.84. The van der Waals surface area contributed by atoms with Crippen LogP contribution in [0.3, 0.4) is 0 Å². The fourth-order valence-electron chi connectivity index (χ4n) is 5.19. The molecule has 4 aromatic rings. The van der Waals surface area contributed by atoms with E-state index in [0.717, 1.165) is 31.2 Å². The number of benzene rings is 3. The molecule has 9 heteroatoms. The van der Waals surface area contributed by atoms with Gasteiger partial charge in [-0.25, -0.2) is 4.98 Å². The average Bonchev–Trinajstić information content (AvgIpc) is 3.41. The van der Waals surface area contributed by atoms with Crippen LogP contribution in [0, 0.1) is 0 Å². The molecule has 1 unspecified atom stereocenters. The monoisotopic (exact) mass is 588 g/mol. The summed E-state index contributed by atoms with van der Waals surface area (Å²) in [6, 6.07) is 27.3. The first-order valence-electron chi connectivity index (χ1n) is 13.8. The normalized spacial score (nSPS) is 14.4. The number of nitrogens with zero attached hydrogens (tertiary/aromatic N) is 3. The summed E-state index contributed by atoms with van der Waals surface area (Å²) in [7, 11) is 0. The molecule has 1 amide bonds. The van der Waals surface area contributed by atoms with E-state index in [4.69, 9.17) is 16.3 Å². The SMILES string of the molecule is CCOC(=O)Cc1csc(NC(=O)CN2CCN(c3ccccc3C(c3ccccc3)c3ccc(Cl)cc3)CC2)n1. The molecule has 0 saturated carbocycles. The van der Waals surface area contributed by atoms with Gasteiger partial charge in [-0.15, -0.1) is 11.3 Å². The van der Waals surface area contributed by atoms with E-state index in [-0.39, 0.29) is 24.2 Å². The molecule has 1 atom stereocenters. The predicted molar refractivity (Wildman–Crippen MR) is 165 cm³/mol. The minimum Gasteiger partial charge on any atom is -0.466 e. The molecular formula is C32H33ClN4O3S. The first-order chi connectivity index (χ1) is 20.0. The van der Waals surface area contributed by atoms with Crippen molar-refractivity contribution < 1.29 is 14.3 Å². The van der Waals surface area contributed by atoms with Crippen LogP contribution in [0.25, 0.3) is 0 Å². The number of thiazole rings is 1. The number of hydrogen-bond donors (Lipinski definition) is 1. The summed E-state index contributed by atoms with van der Waals surface area (Å²) >= 11 is 7.54. The average molecular weight is 589 g/mol. The van der Waals surface area contributed by atoms with Crippen LogP contribution in [0.15, 0.2) is 84.2 Å². The molecule has 0 bridgehead atoms. The van der Waals surface area contributed by atoms with Crippen molar-refractivity contribution >= 4 is 45.6 Å². The van der Waals surface area contributed by atoms with E-state index < -0.39 is 0 Å². The summed E-state index contributed by atoms with van der Waals surface area (Å²) < 4.78 is 4.97. The summed E-state index contributed by atoms with van der Waals surface area (Å²) in [4.78, 5) is 33.4. The Morgan fingerprint density at radius 3 is 2.37 bits per heavy atom. The molecule has 7 nitrogen and oxygen atoms in total. The number of amides is 1. The fourth-order valence-corrected chi connectivity index (χ4v) is 6.04. The number of nitrogens with one attached hydrogen (secondary N) is 1. The van der Waals surface area contributed by atoms with Crippen LogP contribution in [0.4, 0.5) is 10.8 Å². The third kappa shape index (κ3) is 7.52. The van der Waals surface area contributed by atoms with Crippen molar-refractivity contribution in [1.29, 1.82) is 0 Å². The minimum absolute atomic E-state index is 0.0699. The van der Waals surface area contributed by atoms with E-state index in [1.54, 1.807) is 12.3 Å². The number of piperazine rings is 1. The zero-order valence-electron chi connectivity index (χ0n) is 23.0. The highest BCUT2D eigenvalue weighted by Gasteiger charge is 2.25. The van der Waals surface area contributed by atoms with Crippen molar-refractivity contribution in [3.8, 4) is 0 Å². The van der Waals surface area contributed by atoms with Gasteiger partial charge in [-0.2, -0.15) is 0 Å². The second-order valence-electron chi connectivity index (χ2n) is 9.89. The maximum Gasteiger partial charge on any atom is 0.311 e. The van der Waals surface area contributed by atoms with E-state index >= 15 is 0 Å². The van der Waals surface area contributed by atoms with Gasteiger partial charge in [0.1, 0.15) is 0 Å². The van der Waals surface area contributed by atoms with Crippen molar-refractivity contribution in [2.45, 2.75) is 19.3 Å². The van der Waals surface area contributed by atoms with E-state index in [9.17, 15) is 9.59 Å². The van der Waals surface area contributed by atoms with Gasteiger partial charge in [0, 0.05) is 48.2 Å². The third-order valence-electron chi connectivity index (χ3n) is 7.09. The molecule has 41 heavy (non-hydrogen) atoms. The second kappa shape index (κ2) is 13.8. The summed E-state index contributed by atoms with van der Waals surface area (Å²) in [5.41, 5.74) is 5.47. The highest BCUT2D eigenvalue weighted by atomic mass is 35.5. The van der Waals surface area contributed by atoms with Gasteiger partial charge in [0.05, 0.1) is 25.3 Å². The first kappa shape index (κ1) is 28.8. The van der Waals surface area contributed by atoms with Crippen molar-refractivity contribution in [3.63, 3.8) is 0 Å². The smallest absolute Gasteiger partial charge is 0.311 e. The summed E-state index contributed by atoms with van der Waals surface area (Å²) in [5, 5.41) is 5.87. The number of rotatable bonds is 10. The Morgan fingerprint density at radius 1 is 0.951 bits per heavy atom. The Kier molecular flexibility index (Phi) is 9.67. The van der Waals surface area contributed by atoms with Crippen LogP contribution in [-0.4, -0.2) is 61.1 Å². The molecule has 5 rings (SSSR count). The number of ether oxygens (including phenoxy) is 1. The summed E-state index contributed by atoms with van der Waals surface area (Å²) in [6.07, 6.45) is 0.104. The quantitative estimate of drug-likeness (QED) is 0.185. The van der Waals surface area contributed by atoms with Crippen LogP contribution in [0.1, 0.15) is 35.2 Å². The number of carbonyl (C=O) groups is 2. The van der Waals surface area contributed by atoms with Gasteiger partial charge in [-0.05, 0) is 41.8 Å². The van der Waals surface area contributed by atoms with Gasteiger partial charge in [-0.1, -0.05) is 72.3 Å². The highest BCUT2D eigenvalue weighted by Crippen LogP contribution is 2.38. The Balaban J connectivity index is 1.23. The van der Waals surface area contributed by atoms with Crippen LogP contribution < -0.4 is 10.2 Å². The number of esters is 1. The molecule has 1 fully saturated rings. The number of carbonyl (C=O) groups excluding carboxylic acids is 2. The van der Waals surface area contributed by atoms with Gasteiger partial charge in [0.2, 0.25) is 5.91 Å². The number of aromatic nitrogens is 1. The van der Waals surface area contributed by atoms with Gasteiger partial charge >= 0.3 is 5.97 Å². The number of para-hydroxylation sites is 1. The molecule has 1 saturated heterocycles. The summed E-state index contributed by atoms with van der Waals surface area (Å²) in [5.74, 6) is -0.360. The van der Waals surface area contributed by atoms with Crippen molar-refractivity contribution in [3.05, 3.63) is 112 Å². The molecular weight excluding hydrogens is 556 g/mol. The molecule has 0 aliphatic carbocycles. The van der Waals surface area contributed by atoms with Crippen LogP contribution in [0.2, 0.25) is 5.02 Å². The van der Waals surface area contributed by atoms with Gasteiger partial charge in [0.15, 0.2) is 5.13 Å². The summed E-state index contributed by atoms with van der Waals surface area (Å²) in [6.45, 7) is 5.56. The van der Waals surface area contributed by atoms with E-state index in [1.807, 2.05) is 18.2 Å². The Bertz CT molecular complexity index is 1450. The van der Waals surface area contributed by atoms with Crippen molar-refractivity contribution in [2.75, 3.05) is 49.5 Å². The van der Waals surface area contributed by atoms with E-state index in [2.05, 4.69) is 80.8 Å². The molecule has 0 radical (unpaired) electrons. The maximum absolute atomic E-state index is 12.7. The number of anilines is 2. The minimum atomic E-state index is -0.321. The lowest BCUT2D eigenvalue weighted by Crippen LogP contribution is -2.49. The van der Waals surface area contributed by atoms with E-state index in [1.165, 1.54) is 33.7 Å². The Morgan fingerprint density at radius 2 is 1.63 bits per heavy atom. The maximum atomic E-state index is 12.7. The molecule has 1 aromatic heterocycles. The highest BCUT2D eigenvalue weighted by molar-refractivity contribution is 7.13. The Labute approximate surface area is 249 Å². The molecule has 0 spiro atoms. The topological polar surface area (TPSA) is 74.8 Å². The van der Waals surface area contributed by atoms with E-state index in [0.29, 0.717) is 24.0 Å².